The predicted molar refractivity (Wildman–Crippen MR) is 225 cm³/mol. The van der Waals surface area contributed by atoms with Crippen LogP contribution in [0.4, 0.5) is 0 Å². The van der Waals surface area contributed by atoms with Crippen molar-refractivity contribution in [1.29, 1.82) is 0 Å². The van der Waals surface area contributed by atoms with E-state index in [-0.39, 0.29) is 0 Å². The van der Waals surface area contributed by atoms with Crippen molar-refractivity contribution in [2.45, 2.75) is 33.5 Å². The Bertz CT molecular complexity index is 1890. The molecule has 0 aliphatic heterocycles. The number of rotatable bonds is 19. The van der Waals surface area contributed by atoms with Crippen LogP contribution in [-0.2, 0) is 19.6 Å². The van der Waals surface area contributed by atoms with E-state index in [4.69, 9.17) is 0 Å². The first kappa shape index (κ1) is 40.2. The van der Waals surface area contributed by atoms with Gasteiger partial charge < -0.3 is 0 Å². The molecule has 0 atom stereocenters. The Morgan fingerprint density at radius 2 is 0.788 bits per heavy atom. The summed E-state index contributed by atoms with van der Waals surface area (Å²) in [5.41, 5.74) is 5.47. The molecule has 9 nitrogen and oxygen atoms in total. The zero-order valence-corrected chi connectivity index (χ0v) is 34.7. The van der Waals surface area contributed by atoms with Crippen LogP contribution in [0, 0.1) is 6.92 Å². The van der Waals surface area contributed by atoms with Crippen LogP contribution in [0.5, 0.6) is 0 Å². The molecule has 0 fully saturated rings. The molecule has 0 spiro atoms. The summed E-state index contributed by atoms with van der Waals surface area (Å²) in [7, 11) is 23.9. The third-order valence-electron chi connectivity index (χ3n) is 9.84. The van der Waals surface area contributed by atoms with Gasteiger partial charge in [0.15, 0.2) is 0 Å². The molecule has 284 valence electrons. The molecule has 5 rings (SSSR count). The predicted octanol–water partition coefficient (Wildman–Crippen LogP) is 5.96. The van der Waals surface area contributed by atoms with Gasteiger partial charge in [0.25, 0.3) is 0 Å². The second kappa shape index (κ2) is 17.5. The normalized spacial score (nSPS) is 13.1. The third-order valence-corrected chi connectivity index (χ3v) is 9.84. The fourth-order valence-electron chi connectivity index (χ4n) is 8.11. The molecule has 0 saturated carbocycles. The maximum atomic E-state index is 2.57. The van der Waals surface area contributed by atoms with E-state index in [1.807, 2.05) is 0 Å². The smallest absolute Gasteiger partial charge is 0.0518 e. The Hall–Kier alpha value is -2.96. The standard InChI is InChI=1S/C43H67N9/c1-14-49(13)31-52(30-48(11)12)25-35-16-18-37-40-21-33(23-50(26-44(3)4)27-45(5)6)19-38-32(2)15-17-36(42(38)40)41-22-34(20-39(35)43(37)41)24-51(28-46(7)8)29-47(9)10/h15-22H,14,23-31H2,1-13H3. The van der Waals surface area contributed by atoms with Crippen LogP contribution in [0.1, 0.15) is 29.2 Å². The Morgan fingerprint density at radius 1 is 0.404 bits per heavy atom. The number of hydrogen-bond donors (Lipinski definition) is 0. The summed E-state index contributed by atoms with van der Waals surface area (Å²) < 4.78 is 0. The summed E-state index contributed by atoms with van der Waals surface area (Å²) in [6.07, 6.45) is 0. The van der Waals surface area contributed by atoms with E-state index in [0.717, 1.165) is 66.2 Å². The van der Waals surface area contributed by atoms with E-state index in [0.29, 0.717) is 0 Å². The minimum atomic E-state index is 0.886. The average Bonchev–Trinajstić information content (AvgIpc) is 3.03. The van der Waals surface area contributed by atoms with Crippen LogP contribution >= 0.6 is 0 Å². The largest absolute Gasteiger partial charge is 0.297 e. The van der Waals surface area contributed by atoms with Crippen LogP contribution in [0.3, 0.4) is 0 Å². The molecule has 0 bridgehead atoms. The summed E-state index contributed by atoms with van der Waals surface area (Å²) in [5, 5.41) is 11.0. The van der Waals surface area contributed by atoms with Crippen LogP contribution in [0.25, 0.3) is 43.1 Å². The van der Waals surface area contributed by atoms with Crippen molar-refractivity contribution in [2.75, 3.05) is 124 Å². The lowest BCUT2D eigenvalue weighted by Gasteiger charge is -2.31. The minimum absolute atomic E-state index is 0.886. The van der Waals surface area contributed by atoms with Crippen molar-refractivity contribution in [3.8, 4) is 0 Å². The molecule has 0 saturated heterocycles. The molecular weight excluding hydrogens is 643 g/mol. The van der Waals surface area contributed by atoms with Gasteiger partial charge in [-0.3, -0.25) is 44.1 Å². The van der Waals surface area contributed by atoms with Gasteiger partial charge in [-0.05, 0) is 181 Å². The fourth-order valence-corrected chi connectivity index (χ4v) is 8.11. The van der Waals surface area contributed by atoms with Gasteiger partial charge >= 0.3 is 0 Å². The van der Waals surface area contributed by atoms with Crippen molar-refractivity contribution in [3.05, 3.63) is 70.8 Å². The summed E-state index contributed by atoms with van der Waals surface area (Å²) in [5.74, 6) is 0. The van der Waals surface area contributed by atoms with Crippen molar-refractivity contribution in [2.24, 2.45) is 0 Å². The molecule has 0 N–H and O–H groups in total. The van der Waals surface area contributed by atoms with Crippen LogP contribution in [-0.4, -0.2) is 168 Å². The van der Waals surface area contributed by atoms with Crippen molar-refractivity contribution in [1.82, 2.24) is 44.1 Å². The van der Waals surface area contributed by atoms with Gasteiger partial charge in [0.1, 0.15) is 0 Å². The monoisotopic (exact) mass is 710 g/mol. The van der Waals surface area contributed by atoms with Crippen LogP contribution in [0.2, 0.25) is 0 Å². The molecule has 0 aromatic heterocycles. The maximum absolute atomic E-state index is 2.57. The second-order valence-electron chi connectivity index (χ2n) is 16.7. The number of nitrogens with zero attached hydrogens (tertiary/aromatic N) is 9. The van der Waals surface area contributed by atoms with E-state index in [9.17, 15) is 0 Å². The molecule has 5 aromatic carbocycles. The minimum Gasteiger partial charge on any atom is -0.297 e. The van der Waals surface area contributed by atoms with Gasteiger partial charge in [-0.15, -0.1) is 0 Å². The highest BCUT2D eigenvalue weighted by Gasteiger charge is 2.21. The Balaban J connectivity index is 1.77. The topological polar surface area (TPSA) is 29.2 Å². The molecule has 0 amide bonds. The van der Waals surface area contributed by atoms with E-state index in [1.54, 1.807) is 0 Å². The van der Waals surface area contributed by atoms with Gasteiger partial charge in [-0.2, -0.15) is 0 Å². The molecule has 0 unspecified atom stereocenters. The summed E-state index contributed by atoms with van der Waals surface area (Å²) in [4.78, 5) is 21.4. The van der Waals surface area contributed by atoms with Crippen molar-refractivity contribution >= 4 is 43.1 Å². The summed E-state index contributed by atoms with van der Waals surface area (Å²) in [6.45, 7) is 13.7. The first-order chi connectivity index (χ1) is 24.6. The van der Waals surface area contributed by atoms with Gasteiger partial charge in [0.2, 0.25) is 0 Å². The first-order valence-corrected chi connectivity index (χ1v) is 18.9. The molecule has 0 aliphatic rings. The number of benzene rings is 5. The number of fused-ring (bicyclic) bond motifs is 2. The quantitative estimate of drug-likeness (QED) is 0.0586. The molecule has 52 heavy (non-hydrogen) atoms. The maximum Gasteiger partial charge on any atom is 0.0518 e. The number of aryl methyl sites for hydroxylation is 1. The lowest BCUT2D eigenvalue weighted by molar-refractivity contribution is 0.101. The van der Waals surface area contributed by atoms with E-state index in [2.05, 4.69) is 184 Å². The third kappa shape index (κ3) is 9.77. The highest BCUT2D eigenvalue weighted by atomic mass is 15.4. The van der Waals surface area contributed by atoms with E-state index in [1.165, 1.54) is 65.3 Å². The first-order valence-electron chi connectivity index (χ1n) is 18.9. The molecule has 0 radical (unpaired) electrons. The van der Waals surface area contributed by atoms with Gasteiger partial charge in [-0.25, -0.2) is 0 Å². The Labute approximate surface area is 314 Å². The highest BCUT2D eigenvalue weighted by molar-refractivity contribution is 6.33. The molecule has 0 aliphatic carbocycles. The SMILES string of the molecule is CCN(C)CN(Cc1ccc2c3cc(CN(CN(C)C)CN(C)C)cc4c(C)ccc(c5cc(CN(CN(C)C)CN(C)C)cc1c25)c43)CN(C)C. The Kier molecular flexibility index (Phi) is 13.5. The van der Waals surface area contributed by atoms with Crippen LogP contribution in [0.15, 0.2) is 48.5 Å². The van der Waals surface area contributed by atoms with Crippen molar-refractivity contribution in [3.63, 3.8) is 0 Å². The second-order valence-corrected chi connectivity index (χ2v) is 16.7. The lowest BCUT2D eigenvalue weighted by Crippen LogP contribution is -2.40. The average molecular weight is 710 g/mol. The zero-order valence-electron chi connectivity index (χ0n) is 34.7. The molecular formula is C43H67N9. The summed E-state index contributed by atoms with van der Waals surface area (Å²) in [6, 6.07) is 19.6. The Morgan fingerprint density at radius 3 is 1.23 bits per heavy atom. The lowest BCUT2D eigenvalue weighted by atomic mass is 9.85. The van der Waals surface area contributed by atoms with E-state index < -0.39 is 0 Å². The number of hydrogen-bond acceptors (Lipinski definition) is 9. The van der Waals surface area contributed by atoms with Crippen molar-refractivity contribution < 1.29 is 0 Å². The fraction of sp³-hybridized carbons (Fsp3) is 0.535. The molecule has 9 heteroatoms. The highest BCUT2D eigenvalue weighted by Crippen LogP contribution is 2.43. The molecule has 5 aromatic rings. The molecule has 0 heterocycles. The van der Waals surface area contributed by atoms with Gasteiger partial charge in [0, 0.05) is 19.6 Å². The summed E-state index contributed by atoms with van der Waals surface area (Å²) >= 11 is 0. The zero-order chi connectivity index (χ0) is 37.9. The van der Waals surface area contributed by atoms with Crippen LogP contribution < -0.4 is 0 Å². The van der Waals surface area contributed by atoms with Gasteiger partial charge in [0.05, 0.1) is 40.0 Å². The van der Waals surface area contributed by atoms with E-state index >= 15 is 0 Å². The van der Waals surface area contributed by atoms with Gasteiger partial charge in [-0.1, -0.05) is 31.2 Å².